The smallest absolute Gasteiger partial charge is 0.459 e. The minimum absolute atomic E-state index is 0.246. The lowest BCUT2D eigenvalue weighted by molar-refractivity contribution is -0.132. The number of ether oxygens (including phenoxy) is 1. The number of hydrogen-bond acceptors (Lipinski definition) is 6. The Labute approximate surface area is 199 Å². The lowest BCUT2D eigenvalue weighted by Crippen LogP contribution is -2.55. The Kier molecular flexibility index (Phi) is 5.88. The third-order valence-corrected chi connectivity index (χ3v) is 8.63. The molecule has 8 heteroatoms. The van der Waals surface area contributed by atoms with Crippen LogP contribution in [-0.4, -0.2) is 49.5 Å². The first-order chi connectivity index (χ1) is 15.1. The van der Waals surface area contributed by atoms with Gasteiger partial charge in [-0.05, 0) is 84.9 Å². The predicted molar refractivity (Wildman–Crippen MR) is 129 cm³/mol. The number of Topliss-reactive ketones (excluding diaryl/α,β-unsaturated/α-hetero) is 1. The molecule has 0 unspecified atom stereocenters. The van der Waals surface area contributed by atoms with Crippen molar-refractivity contribution in [3.8, 4) is 5.75 Å². The molecule has 4 rings (SSSR count). The van der Waals surface area contributed by atoms with Gasteiger partial charge in [-0.3, -0.25) is 4.79 Å². The van der Waals surface area contributed by atoms with Gasteiger partial charge in [-0.25, -0.2) is 0 Å². The molecule has 2 heterocycles. The molecule has 0 spiro atoms. The summed E-state index contributed by atoms with van der Waals surface area (Å²) in [5.41, 5.74) is -1.54. The zero-order valence-corrected chi connectivity index (χ0v) is 21.6. The molecule has 1 aromatic rings. The van der Waals surface area contributed by atoms with E-state index in [1.807, 2.05) is 18.2 Å². The van der Waals surface area contributed by atoms with Crippen molar-refractivity contribution in [3.63, 3.8) is 0 Å². The standard InChI is InChI=1S/C25H38B2O6/c1-21(2)22(3,4)31-26(30-21)20(27-32-23(5,6)24(7,8)33-27)25(15-18(28)16-25)14-17-11-10-12-19(13-17)29-9/h10-13,20H,14-16H2,1-9H3. The maximum Gasteiger partial charge on any atom is 0.459 e. The van der Waals surface area contributed by atoms with Crippen LogP contribution in [0.25, 0.3) is 0 Å². The highest BCUT2D eigenvalue weighted by Crippen LogP contribution is 2.58. The van der Waals surface area contributed by atoms with Crippen LogP contribution in [0.15, 0.2) is 24.3 Å². The van der Waals surface area contributed by atoms with E-state index in [0.717, 1.165) is 11.3 Å². The van der Waals surface area contributed by atoms with Crippen molar-refractivity contribution in [2.45, 2.75) is 103 Å². The molecule has 33 heavy (non-hydrogen) atoms. The van der Waals surface area contributed by atoms with Gasteiger partial charge in [0.05, 0.1) is 29.5 Å². The molecule has 0 amide bonds. The summed E-state index contributed by atoms with van der Waals surface area (Å²) in [4.78, 5) is 12.5. The summed E-state index contributed by atoms with van der Waals surface area (Å²) in [5, 5.41) is 0. The van der Waals surface area contributed by atoms with Crippen LogP contribution in [0, 0.1) is 5.41 Å². The van der Waals surface area contributed by atoms with E-state index in [9.17, 15) is 4.79 Å². The van der Waals surface area contributed by atoms with Crippen molar-refractivity contribution < 1.29 is 28.1 Å². The van der Waals surface area contributed by atoms with Gasteiger partial charge in [-0.1, -0.05) is 12.1 Å². The molecule has 0 atom stereocenters. The van der Waals surface area contributed by atoms with Crippen LogP contribution in [0.1, 0.15) is 73.8 Å². The van der Waals surface area contributed by atoms with Gasteiger partial charge < -0.3 is 23.4 Å². The van der Waals surface area contributed by atoms with Crippen LogP contribution < -0.4 is 4.74 Å². The molecular weight excluding hydrogens is 418 g/mol. The summed E-state index contributed by atoms with van der Waals surface area (Å²) in [6.45, 7) is 16.4. The Balaban J connectivity index is 1.75. The van der Waals surface area contributed by atoms with Crippen LogP contribution in [0.3, 0.4) is 0 Å². The normalized spacial score (nSPS) is 26.5. The minimum atomic E-state index is -0.552. The van der Waals surface area contributed by atoms with Crippen molar-refractivity contribution in [1.29, 1.82) is 0 Å². The average molecular weight is 456 g/mol. The molecule has 1 aliphatic carbocycles. The van der Waals surface area contributed by atoms with E-state index in [-0.39, 0.29) is 11.5 Å². The quantitative estimate of drug-likeness (QED) is 0.580. The van der Waals surface area contributed by atoms with E-state index >= 15 is 0 Å². The summed E-state index contributed by atoms with van der Waals surface area (Å²) in [6, 6.07) is 8.04. The highest BCUT2D eigenvalue weighted by Gasteiger charge is 2.68. The van der Waals surface area contributed by atoms with Crippen molar-refractivity contribution in [2.75, 3.05) is 7.11 Å². The third kappa shape index (κ3) is 4.18. The maximum absolute atomic E-state index is 12.5. The molecule has 0 bridgehead atoms. The monoisotopic (exact) mass is 456 g/mol. The van der Waals surface area contributed by atoms with E-state index < -0.39 is 42.1 Å². The van der Waals surface area contributed by atoms with E-state index in [1.54, 1.807) is 7.11 Å². The first kappa shape index (κ1) is 24.8. The molecule has 0 aromatic heterocycles. The van der Waals surface area contributed by atoms with Gasteiger partial charge in [-0.15, -0.1) is 0 Å². The van der Waals surface area contributed by atoms with Gasteiger partial charge in [-0.2, -0.15) is 0 Å². The molecule has 2 aliphatic heterocycles. The highest BCUT2D eigenvalue weighted by atomic mass is 16.7. The summed E-state index contributed by atoms with van der Waals surface area (Å²) < 4.78 is 31.7. The number of carbonyl (C=O) groups is 1. The number of rotatable bonds is 6. The Morgan fingerprint density at radius 3 is 1.70 bits per heavy atom. The fraction of sp³-hybridized carbons (Fsp3) is 0.720. The van der Waals surface area contributed by atoms with Gasteiger partial charge >= 0.3 is 14.2 Å². The van der Waals surface area contributed by atoms with Gasteiger partial charge in [0.2, 0.25) is 0 Å². The topological polar surface area (TPSA) is 63.2 Å². The van der Waals surface area contributed by atoms with E-state index in [4.69, 9.17) is 23.4 Å². The fourth-order valence-corrected chi connectivity index (χ4v) is 5.18. The first-order valence-corrected chi connectivity index (χ1v) is 12.0. The number of ketones is 1. The van der Waals surface area contributed by atoms with Crippen LogP contribution in [0.2, 0.25) is 5.72 Å². The van der Waals surface area contributed by atoms with Crippen molar-refractivity contribution >= 4 is 20.0 Å². The zero-order valence-electron chi connectivity index (χ0n) is 21.6. The molecule has 6 nitrogen and oxygen atoms in total. The largest absolute Gasteiger partial charge is 0.497 e. The Morgan fingerprint density at radius 2 is 1.30 bits per heavy atom. The summed E-state index contributed by atoms with van der Waals surface area (Å²) in [6.07, 6.45) is 1.58. The van der Waals surface area contributed by atoms with Crippen LogP contribution in [0.5, 0.6) is 5.75 Å². The van der Waals surface area contributed by atoms with Gasteiger partial charge in [0.1, 0.15) is 11.5 Å². The Hall–Kier alpha value is -1.34. The highest BCUT2D eigenvalue weighted by molar-refractivity contribution is 6.69. The molecule has 3 aliphatic rings. The minimum Gasteiger partial charge on any atom is -0.497 e. The zero-order chi connectivity index (χ0) is 24.4. The lowest BCUT2D eigenvalue weighted by Gasteiger charge is -2.48. The third-order valence-electron chi connectivity index (χ3n) is 8.63. The Bertz CT molecular complexity index is 849. The predicted octanol–water partition coefficient (Wildman–Crippen LogP) is 4.68. The van der Waals surface area contributed by atoms with E-state index in [0.29, 0.717) is 19.3 Å². The van der Waals surface area contributed by atoms with E-state index in [2.05, 4.69) is 61.5 Å². The van der Waals surface area contributed by atoms with Gasteiger partial charge in [0.25, 0.3) is 0 Å². The Morgan fingerprint density at radius 1 is 0.848 bits per heavy atom. The molecule has 180 valence electrons. The van der Waals surface area contributed by atoms with Crippen molar-refractivity contribution in [3.05, 3.63) is 29.8 Å². The second-order valence-electron chi connectivity index (χ2n) is 12.1. The summed E-state index contributed by atoms with van der Waals surface area (Å²) >= 11 is 0. The SMILES string of the molecule is COc1cccc(CC2(C(B3OC(C)(C)C(C)(C)O3)B3OC(C)(C)C(C)(C)O3)CC(=O)C2)c1. The molecule has 3 fully saturated rings. The number of methoxy groups -OCH3 is 1. The second-order valence-corrected chi connectivity index (χ2v) is 12.1. The molecular formula is C25H38B2O6. The number of hydrogen-bond donors (Lipinski definition) is 0. The molecule has 0 N–H and O–H groups in total. The van der Waals surface area contributed by atoms with Gasteiger partial charge in [0.15, 0.2) is 0 Å². The summed E-state index contributed by atoms with van der Waals surface area (Å²) in [5.74, 6) is 1.05. The summed E-state index contributed by atoms with van der Waals surface area (Å²) in [7, 11) is 0.561. The van der Waals surface area contributed by atoms with Crippen molar-refractivity contribution in [2.24, 2.45) is 5.41 Å². The molecule has 0 radical (unpaired) electrons. The van der Waals surface area contributed by atoms with E-state index in [1.165, 1.54) is 0 Å². The van der Waals surface area contributed by atoms with Crippen LogP contribution in [-0.2, 0) is 29.8 Å². The lowest BCUT2D eigenvalue weighted by atomic mass is 9.36. The fourth-order valence-electron chi connectivity index (χ4n) is 5.18. The molecule has 1 saturated carbocycles. The molecule has 2 saturated heterocycles. The molecule has 1 aromatic carbocycles. The number of carbonyl (C=O) groups excluding carboxylic acids is 1. The maximum atomic E-state index is 12.5. The van der Waals surface area contributed by atoms with Crippen molar-refractivity contribution in [1.82, 2.24) is 0 Å². The second kappa shape index (κ2) is 7.84. The number of benzene rings is 1. The average Bonchev–Trinajstić information content (AvgIpc) is 2.99. The van der Waals surface area contributed by atoms with Gasteiger partial charge in [0, 0.05) is 18.6 Å². The van der Waals surface area contributed by atoms with Crippen LogP contribution in [0.4, 0.5) is 0 Å². The first-order valence-electron chi connectivity index (χ1n) is 12.0. The van der Waals surface area contributed by atoms with Crippen LogP contribution >= 0.6 is 0 Å².